The number of amides is 1. The van der Waals surface area contributed by atoms with Gasteiger partial charge in [0.05, 0.1) is 0 Å². The molecule has 0 radical (unpaired) electrons. The van der Waals surface area contributed by atoms with Crippen LogP contribution in [-0.2, 0) is 4.79 Å². The van der Waals surface area contributed by atoms with E-state index in [-0.39, 0.29) is 5.91 Å². The summed E-state index contributed by atoms with van der Waals surface area (Å²) in [5.74, 6) is 1.26. The molecule has 3 rings (SSSR count). The van der Waals surface area contributed by atoms with E-state index in [4.69, 9.17) is 5.73 Å². The van der Waals surface area contributed by atoms with Crippen molar-refractivity contribution in [1.29, 1.82) is 0 Å². The first-order valence-corrected chi connectivity index (χ1v) is 8.36. The molecule has 0 saturated heterocycles. The molecule has 3 aliphatic rings. The van der Waals surface area contributed by atoms with Gasteiger partial charge < -0.3 is 16.0 Å². The van der Waals surface area contributed by atoms with Gasteiger partial charge in [0.25, 0.3) is 0 Å². The van der Waals surface area contributed by atoms with Gasteiger partial charge in [-0.15, -0.1) is 0 Å². The van der Waals surface area contributed by atoms with E-state index in [9.17, 15) is 4.79 Å². The highest BCUT2D eigenvalue weighted by molar-refractivity contribution is 5.85. The molecule has 2 unspecified atom stereocenters. The van der Waals surface area contributed by atoms with Gasteiger partial charge in [0.2, 0.25) is 5.91 Å². The van der Waals surface area contributed by atoms with E-state index < -0.39 is 5.54 Å². The van der Waals surface area contributed by atoms with Crippen LogP contribution in [0.15, 0.2) is 0 Å². The average Bonchev–Trinajstić information content (AvgIpc) is 3.29. The first kappa shape index (κ1) is 14.3. The van der Waals surface area contributed by atoms with Crippen molar-refractivity contribution in [2.45, 2.75) is 62.9 Å². The van der Waals surface area contributed by atoms with Crippen molar-refractivity contribution in [2.75, 3.05) is 20.1 Å². The molecular weight excluding hydrogens is 250 g/mol. The summed E-state index contributed by atoms with van der Waals surface area (Å²) >= 11 is 0. The summed E-state index contributed by atoms with van der Waals surface area (Å²) in [6.07, 6.45) is 9.57. The predicted molar refractivity (Wildman–Crippen MR) is 80.3 cm³/mol. The largest absolute Gasteiger partial charge is 0.368 e. The summed E-state index contributed by atoms with van der Waals surface area (Å²) in [5.41, 5.74) is 5.38. The molecule has 4 nitrogen and oxygen atoms in total. The monoisotopic (exact) mass is 279 g/mol. The zero-order valence-electron chi connectivity index (χ0n) is 12.7. The molecule has 0 bridgehead atoms. The molecule has 3 fully saturated rings. The maximum atomic E-state index is 12.1. The second-order valence-corrected chi connectivity index (χ2v) is 7.34. The van der Waals surface area contributed by atoms with E-state index in [0.717, 1.165) is 38.1 Å². The van der Waals surface area contributed by atoms with Gasteiger partial charge in [0, 0.05) is 12.6 Å². The van der Waals surface area contributed by atoms with Crippen LogP contribution in [0.1, 0.15) is 51.4 Å². The SMILES string of the molecule is CN(CCC1CCCC1(NC1CC1)C(N)=O)CC1CC1. The lowest BCUT2D eigenvalue weighted by Gasteiger charge is -2.34. The zero-order chi connectivity index (χ0) is 14.2. The van der Waals surface area contributed by atoms with Crippen LogP contribution in [0.3, 0.4) is 0 Å². The van der Waals surface area contributed by atoms with E-state index in [1.807, 2.05) is 0 Å². The van der Waals surface area contributed by atoms with Crippen LogP contribution >= 0.6 is 0 Å². The van der Waals surface area contributed by atoms with Gasteiger partial charge in [-0.05, 0) is 70.4 Å². The topological polar surface area (TPSA) is 58.4 Å². The number of nitrogens with two attached hydrogens (primary N) is 1. The third-order valence-corrected chi connectivity index (χ3v) is 5.43. The summed E-state index contributed by atoms with van der Waals surface area (Å²) in [5, 5.41) is 3.60. The standard InChI is InChI=1S/C16H29N3O/c1-19(11-12-4-5-12)10-8-13-3-2-9-16(13,15(17)20)18-14-6-7-14/h12-14,18H,2-11H2,1H3,(H2,17,20). The highest BCUT2D eigenvalue weighted by atomic mass is 16.1. The highest BCUT2D eigenvalue weighted by Gasteiger charge is 2.49. The quantitative estimate of drug-likeness (QED) is 0.708. The molecule has 0 heterocycles. The van der Waals surface area contributed by atoms with Crippen molar-refractivity contribution in [3.05, 3.63) is 0 Å². The fourth-order valence-electron chi connectivity index (χ4n) is 3.85. The fraction of sp³-hybridized carbons (Fsp3) is 0.938. The number of primary amides is 1. The minimum absolute atomic E-state index is 0.114. The van der Waals surface area contributed by atoms with Gasteiger partial charge in [-0.3, -0.25) is 4.79 Å². The lowest BCUT2D eigenvalue weighted by Crippen LogP contribution is -2.59. The Morgan fingerprint density at radius 3 is 2.65 bits per heavy atom. The van der Waals surface area contributed by atoms with Gasteiger partial charge in [-0.1, -0.05) is 6.42 Å². The predicted octanol–water partition coefficient (Wildman–Crippen LogP) is 1.49. The number of hydrogen-bond acceptors (Lipinski definition) is 3. The van der Waals surface area contributed by atoms with Gasteiger partial charge in [-0.25, -0.2) is 0 Å². The minimum atomic E-state index is -0.401. The lowest BCUT2D eigenvalue weighted by molar-refractivity contribution is -0.126. The number of nitrogens with one attached hydrogen (secondary N) is 1. The molecule has 0 aromatic carbocycles. The molecule has 4 heteroatoms. The maximum absolute atomic E-state index is 12.1. The average molecular weight is 279 g/mol. The molecule has 0 spiro atoms. The van der Waals surface area contributed by atoms with Gasteiger partial charge in [0.1, 0.15) is 5.54 Å². The molecule has 20 heavy (non-hydrogen) atoms. The van der Waals surface area contributed by atoms with Gasteiger partial charge >= 0.3 is 0 Å². The second-order valence-electron chi connectivity index (χ2n) is 7.34. The van der Waals surface area contributed by atoms with Crippen molar-refractivity contribution in [3.63, 3.8) is 0 Å². The van der Waals surface area contributed by atoms with Gasteiger partial charge in [0.15, 0.2) is 0 Å². The Morgan fingerprint density at radius 2 is 2.05 bits per heavy atom. The summed E-state index contributed by atoms with van der Waals surface area (Å²) < 4.78 is 0. The second kappa shape index (κ2) is 5.64. The fourth-order valence-corrected chi connectivity index (χ4v) is 3.85. The molecule has 2 atom stereocenters. The van der Waals surface area contributed by atoms with Crippen LogP contribution in [0, 0.1) is 11.8 Å². The molecule has 114 valence electrons. The third-order valence-electron chi connectivity index (χ3n) is 5.43. The number of carbonyl (C=O) groups is 1. The van der Waals surface area contributed by atoms with Crippen molar-refractivity contribution >= 4 is 5.91 Å². The Bertz CT molecular complexity index is 365. The van der Waals surface area contributed by atoms with E-state index >= 15 is 0 Å². The molecule has 3 saturated carbocycles. The molecular formula is C16H29N3O. The van der Waals surface area contributed by atoms with Crippen LogP contribution in [0.2, 0.25) is 0 Å². The smallest absolute Gasteiger partial charge is 0.238 e. The number of carbonyl (C=O) groups excluding carboxylic acids is 1. The minimum Gasteiger partial charge on any atom is -0.368 e. The van der Waals surface area contributed by atoms with Crippen molar-refractivity contribution < 1.29 is 4.79 Å². The van der Waals surface area contributed by atoms with Crippen LogP contribution in [-0.4, -0.2) is 42.5 Å². The highest BCUT2D eigenvalue weighted by Crippen LogP contribution is 2.40. The Hall–Kier alpha value is -0.610. The van der Waals surface area contributed by atoms with Gasteiger partial charge in [-0.2, -0.15) is 0 Å². The lowest BCUT2D eigenvalue weighted by atomic mass is 9.83. The van der Waals surface area contributed by atoms with E-state index in [2.05, 4.69) is 17.3 Å². The first-order valence-electron chi connectivity index (χ1n) is 8.36. The maximum Gasteiger partial charge on any atom is 0.238 e. The van der Waals surface area contributed by atoms with E-state index in [1.165, 1.54) is 32.2 Å². The molecule has 0 aromatic heterocycles. The van der Waals surface area contributed by atoms with Crippen LogP contribution in [0.4, 0.5) is 0 Å². The van der Waals surface area contributed by atoms with Crippen molar-refractivity contribution in [1.82, 2.24) is 10.2 Å². The number of nitrogens with zero attached hydrogens (tertiary/aromatic N) is 1. The Balaban J connectivity index is 1.55. The summed E-state index contributed by atoms with van der Waals surface area (Å²) in [6.45, 7) is 2.33. The number of rotatable bonds is 8. The van der Waals surface area contributed by atoms with Crippen LogP contribution in [0.25, 0.3) is 0 Å². The molecule has 0 aromatic rings. The Labute approximate surface area is 122 Å². The van der Waals surface area contributed by atoms with Crippen molar-refractivity contribution in [2.24, 2.45) is 17.6 Å². The van der Waals surface area contributed by atoms with Crippen LogP contribution in [0.5, 0.6) is 0 Å². The summed E-state index contributed by atoms with van der Waals surface area (Å²) in [6, 6.07) is 0.548. The van der Waals surface area contributed by atoms with E-state index in [0.29, 0.717) is 12.0 Å². The molecule has 3 N–H and O–H groups in total. The molecule has 0 aliphatic heterocycles. The summed E-state index contributed by atoms with van der Waals surface area (Å²) in [7, 11) is 2.22. The Morgan fingerprint density at radius 1 is 1.30 bits per heavy atom. The third kappa shape index (κ3) is 3.17. The zero-order valence-corrected chi connectivity index (χ0v) is 12.7. The normalized spacial score (nSPS) is 33.8. The molecule has 1 amide bonds. The molecule has 3 aliphatic carbocycles. The first-order chi connectivity index (χ1) is 9.60. The van der Waals surface area contributed by atoms with Crippen LogP contribution < -0.4 is 11.1 Å². The van der Waals surface area contributed by atoms with Crippen molar-refractivity contribution in [3.8, 4) is 0 Å². The van der Waals surface area contributed by atoms with E-state index in [1.54, 1.807) is 0 Å². The number of hydrogen-bond donors (Lipinski definition) is 2. The Kier molecular flexibility index (Phi) is 4.04. The summed E-state index contributed by atoms with van der Waals surface area (Å²) in [4.78, 5) is 14.5.